The van der Waals surface area contributed by atoms with Gasteiger partial charge in [-0.05, 0) is 18.6 Å². The monoisotopic (exact) mass is 250 g/mol. The Balaban J connectivity index is 3.00. The molecule has 1 aromatic rings. The zero-order chi connectivity index (χ0) is 13.7. The summed E-state index contributed by atoms with van der Waals surface area (Å²) in [5.74, 6) is -1.04. The molecule has 18 heavy (non-hydrogen) atoms. The van der Waals surface area contributed by atoms with Crippen molar-refractivity contribution < 1.29 is 14.7 Å². The van der Waals surface area contributed by atoms with Crippen molar-refractivity contribution >= 4 is 17.7 Å². The highest BCUT2D eigenvalue weighted by Crippen LogP contribution is 2.20. The summed E-state index contributed by atoms with van der Waals surface area (Å²) in [5, 5.41) is 9.09. The van der Waals surface area contributed by atoms with Crippen LogP contribution >= 0.6 is 0 Å². The van der Waals surface area contributed by atoms with Crippen LogP contribution in [0.4, 0.5) is 10.5 Å². The molecule has 0 bridgehead atoms. The molecule has 0 radical (unpaired) electrons. The molecule has 0 atom stereocenters. The highest BCUT2D eigenvalue weighted by Gasteiger charge is 2.19. The van der Waals surface area contributed by atoms with Crippen LogP contribution in [0.15, 0.2) is 24.3 Å². The van der Waals surface area contributed by atoms with Crippen LogP contribution in [0.25, 0.3) is 0 Å². The Kier molecular flexibility index (Phi) is 4.71. The quantitative estimate of drug-likeness (QED) is 0.891. The minimum atomic E-state index is -1.04. The van der Waals surface area contributed by atoms with Crippen LogP contribution in [-0.4, -0.2) is 42.6 Å². The fourth-order valence-corrected chi connectivity index (χ4v) is 1.74. The summed E-state index contributed by atoms with van der Waals surface area (Å²) in [6, 6.07) is 6.25. The maximum atomic E-state index is 12.1. The number of anilines is 1. The molecule has 0 saturated carbocycles. The van der Waals surface area contributed by atoms with E-state index in [0.29, 0.717) is 12.2 Å². The molecule has 0 aliphatic rings. The number of carboxylic acid groups (broad SMARTS) is 1. The van der Waals surface area contributed by atoms with Crippen molar-refractivity contribution in [1.29, 1.82) is 0 Å². The third-order valence-corrected chi connectivity index (χ3v) is 2.67. The molecule has 1 aromatic carbocycles. The molecule has 2 amide bonds. The minimum absolute atomic E-state index is 0.123. The average Bonchev–Trinajstić information content (AvgIpc) is 2.37. The predicted molar refractivity (Wildman–Crippen MR) is 70.1 cm³/mol. The Bertz CT molecular complexity index is 446. The van der Waals surface area contributed by atoms with Crippen LogP contribution in [0.2, 0.25) is 0 Å². The fourth-order valence-electron chi connectivity index (χ4n) is 1.74. The number of hydrogen-bond acceptors (Lipinski definition) is 2. The number of urea groups is 1. The summed E-state index contributed by atoms with van der Waals surface area (Å²) >= 11 is 0. The van der Waals surface area contributed by atoms with E-state index in [-0.39, 0.29) is 11.6 Å². The first-order valence-corrected chi connectivity index (χ1v) is 5.80. The summed E-state index contributed by atoms with van der Waals surface area (Å²) in [6.45, 7) is 2.62. The van der Waals surface area contributed by atoms with Gasteiger partial charge < -0.3 is 10.0 Å². The summed E-state index contributed by atoms with van der Waals surface area (Å²) in [5.41, 5.74) is 0.524. The predicted octanol–water partition coefficient (Wildman–Crippen LogP) is 2.28. The number of carbonyl (C=O) groups excluding carboxylic acids is 1. The molecular weight excluding hydrogens is 232 g/mol. The SMILES string of the molecule is CCCN(C)C(=O)N(C)c1ccccc1C(=O)O. The van der Waals surface area contributed by atoms with Gasteiger partial charge in [-0.15, -0.1) is 0 Å². The van der Waals surface area contributed by atoms with Gasteiger partial charge in [-0.3, -0.25) is 4.90 Å². The largest absolute Gasteiger partial charge is 0.478 e. The van der Waals surface area contributed by atoms with E-state index in [0.717, 1.165) is 6.42 Å². The maximum Gasteiger partial charge on any atom is 0.337 e. The average molecular weight is 250 g/mol. The van der Waals surface area contributed by atoms with E-state index in [9.17, 15) is 9.59 Å². The van der Waals surface area contributed by atoms with Crippen LogP contribution < -0.4 is 4.90 Å². The van der Waals surface area contributed by atoms with Gasteiger partial charge in [-0.25, -0.2) is 9.59 Å². The third-order valence-electron chi connectivity index (χ3n) is 2.67. The molecule has 0 fully saturated rings. The molecule has 1 rings (SSSR count). The number of rotatable bonds is 4. The van der Waals surface area contributed by atoms with Crippen LogP contribution in [0.3, 0.4) is 0 Å². The molecule has 0 aromatic heterocycles. The van der Waals surface area contributed by atoms with Gasteiger partial charge >= 0.3 is 12.0 Å². The second kappa shape index (κ2) is 6.05. The van der Waals surface area contributed by atoms with E-state index in [1.807, 2.05) is 6.92 Å². The van der Waals surface area contributed by atoms with Gasteiger partial charge in [0.1, 0.15) is 0 Å². The third kappa shape index (κ3) is 3.00. The van der Waals surface area contributed by atoms with Crippen LogP contribution in [0, 0.1) is 0 Å². The van der Waals surface area contributed by atoms with Gasteiger partial charge in [0.05, 0.1) is 11.3 Å². The second-order valence-corrected chi connectivity index (χ2v) is 4.09. The van der Waals surface area contributed by atoms with Crippen LogP contribution in [0.1, 0.15) is 23.7 Å². The van der Waals surface area contributed by atoms with Crippen molar-refractivity contribution in [3.8, 4) is 0 Å². The van der Waals surface area contributed by atoms with E-state index >= 15 is 0 Å². The molecule has 0 aliphatic carbocycles. The normalized spacial score (nSPS) is 9.94. The summed E-state index contributed by atoms with van der Waals surface area (Å²) in [7, 11) is 3.28. The molecular formula is C13H18N2O3. The highest BCUT2D eigenvalue weighted by molar-refractivity contribution is 6.00. The van der Waals surface area contributed by atoms with Crippen LogP contribution in [0.5, 0.6) is 0 Å². The molecule has 0 heterocycles. The van der Waals surface area contributed by atoms with Crippen LogP contribution in [-0.2, 0) is 0 Å². The molecule has 5 heteroatoms. The summed E-state index contributed by atoms with van der Waals surface area (Å²) in [6.07, 6.45) is 0.858. The highest BCUT2D eigenvalue weighted by atomic mass is 16.4. The van der Waals surface area contributed by atoms with Crippen molar-refractivity contribution in [3.05, 3.63) is 29.8 Å². The minimum Gasteiger partial charge on any atom is -0.478 e. The lowest BCUT2D eigenvalue weighted by Crippen LogP contribution is -2.39. The standard InChI is InChI=1S/C13H18N2O3/c1-4-9-14(2)13(18)15(3)11-8-6-5-7-10(11)12(16)17/h5-8H,4,9H2,1-3H3,(H,16,17). The van der Waals surface area contributed by atoms with Gasteiger partial charge in [0.25, 0.3) is 0 Å². The van der Waals surface area contributed by atoms with Crippen molar-refractivity contribution in [1.82, 2.24) is 4.90 Å². The number of amides is 2. The first-order valence-electron chi connectivity index (χ1n) is 5.80. The number of hydrogen-bond donors (Lipinski definition) is 1. The molecule has 5 nitrogen and oxygen atoms in total. The van der Waals surface area contributed by atoms with Gasteiger partial charge in [0, 0.05) is 20.6 Å². The number of benzene rings is 1. The lowest BCUT2D eigenvalue weighted by Gasteiger charge is -2.25. The second-order valence-electron chi connectivity index (χ2n) is 4.09. The Labute approximate surface area is 107 Å². The zero-order valence-electron chi connectivity index (χ0n) is 10.9. The smallest absolute Gasteiger partial charge is 0.337 e. The molecule has 1 N–H and O–H groups in total. The van der Waals surface area contributed by atoms with Gasteiger partial charge in [0.2, 0.25) is 0 Å². The lowest BCUT2D eigenvalue weighted by molar-refractivity contribution is 0.0697. The Morgan fingerprint density at radius 1 is 1.22 bits per heavy atom. The van der Waals surface area contributed by atoms with Crippen molar-refractivity contribution in [2.75, 3.05) is 25.5 Å². The fraction of sp³-hybridized carbons (Fsp3) is 0.385. The number of aromatic carboxylic acids is 1. The Morgan fingerprint density at radius 3 is 2.39 bits per heavy atom. The van der Waals surface area contributed by atoms with Crippen molar-refractivity contribution in [3.63, 3.8) is 0 Å². The topological polar surface area (TPSA) is 60.9 Å². The number of carbonyl (C=O) groups is 2. The molecule has 0 spiro atoms. The lowest BCUT2D eigenvalue weighted by atomic mass is 10.1. The van der Waals surface area contributed by atoms with E-state index < -0.39 is 5.97 Å². The number of nitrogens with zero attached hydrogens (tertiary/aromatic N) is 2. The number of carboxylic acids is 1. The van der Waals surface area contributed by atoms with Crippen molar-refractivity contribution in [2.45, 2.75) is 13.3 Å². The molecule has 0 unspecified atom stereocenters. The van der Waals surface area contributed by atoms with E-state index in [2.05, 4.69) is 0 Å². The van der Waals surface area contributed by atoms with E-state index in [4.69, 9.17) is 5.11 Å². The summed E-state index contributed by atoms with van der Waals surface area (Å²) < 4.78 is 0. The van der Waals surface area contributed by atoms with Crippen molar-refractivity contribution in [2.24, 2.45) is 0 Å². The molecule has 0 aliphatic heterocycles. The Hall–Kier alpha value is -2.04. The first-order chi connectivity index (χ1) is 8.49. The first kappa shape index (κ1) is 14.0. The maximum absolute atomic E-state index is 12.1. The van der Waals surface area contributed by atoms with Gasteiger partial charge in [-0.1, -0.05) is 19.1 Å². The molecule has 98 valence electrons. The van der Waals surface area contributed by atoms with Gasteiger partial charge in [-0.2, -0.15) is 0 Å². The Morgan fingerprint density at radius 2 is 1.83 bits per heavy atom. The molecule has 0 saturated heterocycles. The number of para-hydroxylation sites is 1. The summed E-state index contributed by atoms with van der Waals surface area (Å²) in [4.78, 5) is 26.1. The van der Waals surface area contributed by atoms with E-state index in [1.54, 1.807) is 37.2 Å². The zero-order valence-corrected chi connectivity index (χ0v) is 10.9. The van der Waals surface area contributed by atoms with E-state index in [1.165, 1.54) is 11.0 Å². The van der Waals surface area contributed by atoms with Gasteiger partial charge in [0.15, 0.2) is 0 Å².